The molecule has 0 fully saturated rings. The molecular weight excluding hydrogens is 292 g/mol. The first-order chi connectivity index (χ1) is 10.0. The van der Waals surface area contributed by atoms with Crippen molar-refractivity contribution in [3.05, 3.63) is 23.8 Å². The molecule has 3 N–H and O–H groups in total. The van der Waals surface area contributed by atoms with Crippen molar-refractivity contribution >= 4 is 34.7 Å². The molecule has 0 aliphatic carbocycles. The van der Waals surface area contributed by atoms with E-state index in [1.807, 2.05) is 6.07 Å². The summed E-state index contributed by atoms with van der Waals surface area (Å²) in [5, 5.41) is 18.2. The van der Waals surface area contributed by atoms with Crippen molar-refractivity contribution < 1.29 is 14.7 Å². The molecule has 0 unspecified atom stereocenters. The van der Waals surface area contributed by atoms with Crippen LogP contribution in [0, 0.1) is 11.3 Å². The monoisotopic (exact) mass is 304 g/mol. The zero-order valence-corrected chi connectivity index (χ0v) is 11.8. The summed E-state index contributed by atoms with van der Waals surface area (Å²) in [6.07, 6.45) is 0.114. The highest BCUT2D eigenvalue weighted by atomic mass is 32.2. The lowest BCUT2D eigenvalue weighted by Crippen LogP contribution is -2.14. The summed E-state index contributed by atoms with van der Waals surface area (Å²) >= 11 is 1.06. The van der Waals surface area contributed by atoms with Crippen LogP contribution < -0.4 is 5.73 Å². The second-order valence-corrected chi connectivity index (χ2v) is 5.20. The highest BCUT2D eigenvalue weighted by Gasteiger charge is 2.14. The summed E-state index contributed by atoms with van der Waals surface area (Å²) in [5.41, 5.74) is 6.95. The number of aromatic nitrogens is 2. The average molecular weight is 304 g/mol. The Morgan fingerprint density at radius 2 is 2.24 bits per heavy atom. The van der Waals surface area contributed by atoms with E-state index in [0.29, 0.717) is 28.3 Å². The molecular formula is C13H12N4O3S. The number of nitrogens with zero attached hydrogens (tertiary/aromatic N) is 3. The number of benzene rings is 1. The van der Waals surface area contributed by atoms with E-state index in [1.54, 1.807) is 22.8 Å². The number of hydrogen-bond donors (Lipinski definition) is 2. The maximum Gasteiger partial charge on any atom is 0.313 e. The topological polar surface area (TPSA) is 122 Å². The molecule has 108 valence electrons. The molecule has 0 bridgehead atoms. The van der Waals surface area contributed by atoms with Gasteiger partial charge in [0.15, 0.2) is 5.16 Å². The van der Waals surface area contributed by atoms with Crippen LogP contribution in [0.3, 0.4) is 0 Å². The number of fused-ring (bicyclic) bond motifs is 1. The molecule has 1 aromatic carbocycles. The fourth-order valence-electron chi connectivity index (χ4n) is 1.84. The SMILES string of the molecule is N#Cc1ccc2nc(SCC(=O)O)n(CCC(N)=O)c2c1. The van der Waals surface area contributed by atoms with Gasteiger partial charge >= 0.3 is 5.97 Å². The molecule has 0 saturated heterocycles. The van der Waals surface area contributed by atoms with Crippen molar-refractivity contribution in [2.45, 2.75) is 18.1 Å². The fraction of sp³-hybridized carbons (Fsp3) is 0.231. The summed E-state index contributed by atoms with van der Waals surface area (Å²) < 4.78 is 1.72. The van der Waals surface area contributed by atoms with Gasteiger partial charge in [-0.3, -0.25) is 9.59 Å². The first-order valence-corrected chi connectivity index (χ1v) is 7.03. The quantitative estimate of drug-likeness (QED) is 0.766. The van der Waals surface area contributed by atoms with Gasteiger partial charge in [0, 0.05) is 13.0 Å². The Labute approximate surface area is 124 Å². The molecule has 2 rings (SSSR count). The number of primary amides is 1. The second-order valence-electron chi connectivity index (χ2n) is 4.26. The van der Waals surface area contributed by atoms with Gasteiger partial charge in [-0.1, -0.05) is 11.8 Å². The third kappa shape index (κ3) is 3.52. The molecule has 2 aromatic rings. The normalized spacial score (nSPS) is 10.4. The maximum atomic E-state index is 11.0. The van der Waals surface area contributed by atoms with Crippen LogP contribution in [0.15, 0.2) is 23.4 Å². The lowest BCUT2D eigenvalue weighted by atomic mass is 10.2. The Hall–Kier alpha value is -2.53. The Bertz CT molecular complexity index is 748. The van der Waals surface area contributed by atoms with Crippen LogP contribution in [0.5, 0.6) is 0 Å². The lowest BCUT2D eigenvalue weighted by molar-refractivity contribution is -0.134. The smallest absolute Gasteiger partial charge is 0.313 e. The van der Waals surface area contributed by atoms with E-state index in [1.165, 1.54) is 0 Å². The largest absolute Gasteiger partial charge is 0.481 e. The first-order valence-electron chi connectivity index (χ1n) is 6.04. The molecule has 0 atom stereocenters. The van der Waals surface area contributed by atoms with E-state index < -0.39 is 11.9 Å². The van der Waals surface area contributed by atoms with Gasteiger partial charge in [0.2, 0.25) is 5.91 Å². The maximum absolute atomic E-state index is 11.0. The molecule has 1 aromatic heterocycles. The van der Waals surface area contributed by atoms with E-state index in [2.05, 4.69) is 4.98 Å². The van der Waals surface area contributed by atoms with E-state index in [4.69, 9.17) is 16.1 Å². The van der Waals surface area contributed by atoms with Crippen LogP contribution in [0.25, 0.3) is 11.0 Å². The standard InChI is InChI=1S/C13H12N4O3S/c14-6-8-1-2-9-10(5-8)17(4-3-11(15)18)13(16-9)21-7-12(19)20/h1-2,5H,3-4,7H2,(H2,15,18)(H,19,20). The van der Waals surface area contributed by atoms with Crippen LogP contribution in [-0.2, 0) is 16.1 Å². The van der Waals surface area contributed by atoms with Gasteiger partial charge in [0.1, 0.15) is 0 Å². The van der Waals surface area contributed by atoms with Crippen LogP contribution in [-0.4, -0.2) is 32.3 Å². The van der Waals surface area contributed by atoms with Crippen LogP contribution in [0.4, 0.5) is 0 Å². The average Bonchev–Trinajstić information content (AvgIpc) is 2.79. The number of carboxylic acids is 1. The van der Waals surface area contributed by atoms with Crippen LogP contribution >= 0.6 is 11.8 Å². The van der Waals surface area contributed by atoms with E-state index >= 15 is 0 Å². The minimum atomic E-state index is -0.953. The number of amides is 1. The molecule has 0 spiro atoms. The Morgan fingerprint density at radius 1 is 1.48 bits per heavy atom. The third-order valence-electron chi connectivity index (χ3n) is 2.75. The van der Waals surface area contributed by atoms with Gasteiger partial charge in [-0.05, 0) is 18.2 Å². The second kappa shape index (κ2) is 6.28. The molecule has 8 heteroatoms. The predicted octanol–water partition coefficient (Wildman–Crippen LogP) is 0.960. The number of carboxylic acid groups (broad SMARTS) is 1. The molecule has 21 heavy (non-hydrogen) atoms. The minimum absolute atomic E-state index is 0.114. The number of nitriles is 1. The first kappa shape index (κ1) is 14.9. The van der Waals surface area contributed by atoms with Crippen molar-refractivity contribution in [3.8, 4) is 6.07 Å². The number of thioether (sulfide) groups is 1. The summed E-state index contributed by atoms with van der Waals surface area (Å²) in [4.78, 5) is 26.0. The number of rotatable bonds is 6. The van der Waals surface area contributed by atoms with Gasteiger partial charge in [-0.15, -0.1) is 0 Å². The molecule has 1 heterocycles. The number of hydrogen-bond acceptors (Lipinski definition) is 5. The molecule has 7 nitrogen and oxygen atoms in total. The van der Waals surface area contributed by atoms with Gasteiger partial charge in [-0.25, -0.2) is 4.98 Å². The van der Waals surface area contributed by atoms with Crippen LogP contribution in [0.1, 0.15) is 12.0 Å². The number of aliphatic carboxylic acids is 1. The molecule has 0 saturated carbocycles. The van der Waals surface area contributed by atoms with Gasteiger partial charge in [0.25, 0.3) is 0 Å². The number of nitrogens with two attached hydrogens (primary N) is 1. The van der Waals surface area contributed by atoms with Crippen molar-refractivity contribution in [2.24, 2.45) is 5.73 Å². The van der Waals surface area contributed by atoms with Gasteiger partial charge in [-0.2, -0.15) is 5.26 Å². The molecule has 0 radical (unpaired) electrons. The predicted molar refractivity (Wildman–Crippen MR) is 76.6 cm³/mol. The lowest BCUT2D eigenvalue weighted by Gasteiger charge is -2.06. The summed E-state index contributed by atoms with van der Waals surface area (Å²) in [7, 11) is 0. The van der Waals surface area contributed by atoms with E-state index in [-0.39, 0.29) is 12.2 Å². The van der Waals surface area contributed by atoms with Gasteiger partial charge < -0.3 is 15.4 Å². The van der Waals surface area contributed by atoms with Crippen molar-refractivity contribution in [3.63, 3.8) is 0 Å². The minimum Gasteiger partial charge on any atom is -0.481 e. The van der Waals surface area contributed by atoms with Gasteiger partial charge in [0.05, 0.1) is 28.4 Å². The highest BCUT2D eigenvalue weighted by molar-refractivity contribution is 7.99. The van der Waals surface area contributed by atoms with Crippen molar-refractivity contribution in [2.75, 3.05) is 5.75 Å². The van der Waals surface area contributed by atoms with E-state index in [9.17, 15) is 9.59 Å². The zero-order valence-electron chi connectivity index (χ0n) is 10.9. The molecule has 0 aliphatic rings. The number of imidazole rings is 1. The number of carbonyl (C=O) groups excluding carboxylic acids is 1. The number of carbonyl (C=O) groups is 2. The zero-order chi connectivity index (χ0) is 15.4. The summed E-state index contributed by atoms with van der Waals surface area (Å²) in [5.74, 6) is -1.54. The Balaban J connectivity index is 2.44. The Morgan fingerprint density at radius 3 is 2.86 bits per heavy atom. The Kier molecular flexibility index (Phi) is 4.45. The molecule has 1 amide bonds. The third-order valence-corrected chi connectivity index (χ3v) is 3.71. The van der Waals surface area contributed by atoms with Crippen molar-refractivity contribution in [1.29, 1.82) is 5.26 Å². The van der Waals surface area contributed by atoms with Crippen LogP contribution in [0.2, 0.25) is 0 Å². The van der Waals surface area contributed by atoms with Crippen molar-refractivity contribution in [1.82, 2.24) is 9.55 Å². The molecule has 0 aliphatic heterocycles. The summed E-state index contributed by atoms with van der Waals surface area (Å²) in [6.45, 7) is 0.294. The highest BCUT2D eigenvalue weighted by Crippen LogP contribution is 2.25. The fourth-order valence-corrected chi connectivity index (χ4v) is 2.61. The summed E-state index contributed by atoms with van der Waals surface area (Å²) in [6, 6.07) is 7.03. The van der Waals surface area contributed by atoms with E-state index in [0.717, 1.165) is 11.8 Å². The number of aryl methyl sites for hydroxylation is 1.